The van der Waals surface area contributed by atoms with Gasteiger partial charge in [-0.05, 0) is 17.7 Å². The Balaban J connectivity index is 0.000000202. The van der Waals surface area contributed by atoms with Crippen LogP contribution in [0.3, 0.4) is 0 Å². The molecule has 0 heterocycles. The van der Waals surface area contributed by atoms with E-state index in [0.29, 0.717) is 0 Å². The second kappa shape index (κ2) is 6.95. The van der Waals surface area contributed by atoms with Crippen LogP contribution in [-0.2, 0) is 0 Å². The molecule has 0 bridgehead atoms. The molecule has 0 saturated heterocycles. The molecule has 0 aliphatic rings. The lowest BCUT2D eigenvalue weighted by molar-refractivity contribution is -0.384. The maximum absolute atomic E-state index is 10.2. The summed E-state index contributed by atoms with van der Waals surface area (Å²) in [5.41, 5.74) is 0.992. The Kier molecular flexibility index (Phi) is 5.17. The molecule has 0 fully saturated rings. The Morgan fingerprint density at radius 1 is 0.941 bits per heavy atom. The zero-order valence-electron chi connectivity index (χ0n) is 9.32. The number of non-ortho nitro benzene ring substituents is 1. The van der Waals surface area contributed by atoms with Crippen molar-refractivity contribution in [2.45, 2.75) is 0 Å². The molecule has 0 spiro atoms. The molecule has 0 amide bonds. The first-order valence-corrected chi connectivity index (χ1v) is 5.11. The lowest BCUT2D eigenvalue weighted by Crippen LogP contribution is -1.86. The summed E-state index contributed by atoms with van der Waals surface area (Å²) in [5.74, 6) is 0. The lowest BCUT2D eigenvalue weighted by atomic mass is 10.2. The average Bonchev–Trinajstić information content (AvgIpc) is 2.41. The standard InChI is InChI=1S/C8H7NO2.C6H6/c1-2-7-3-5-8(6-4-7)9(10)11;1-2-4-6-5-3-1/h2-6H,1H2;1-6H. The minimum absolute atomic E-state index is 0.107. The number of benzene rings is 2. The van der Waals surface area contributed by atoms with E-state index in [0.717, 1.165) is 5.56 Å². The Labute approximate surface area is 100 Å². The Morgan fingerprint density at radius 3 is 1.65 bits per heavy atom. The van der Waals surface area contributed by atoms with Crippen LogP contribution >= 0.6 is 0 Å². The highest BCUT2D eigenvalue weighted by Crippen LogP contribution is 2.11. The molecule has 3 heteroatoms. The van der Waals surface area contributed by atoms with E-state index >= 15 is 0 Å². The first-order chi connectivity index (χ1) is 8.24. The molecule has 0 atom stereocenters. The lowest BCUT2D eigenvalue weighted by Gasteiger charge is -1.91. The molecule has 2 aromatic carbocycles. The van der Waals surface area contributed by atoms with Crippen LogP contribution in [0.1, 0.15) is 5.56 Å². The first-order valence-electron chi connectivity index (χ1n) is 5.11. The van der Waals surface area contributed by atoms with E-state index < -0.39 is 4.92 Å². The Bertz CT molecular complexity index is 437. The van der Waals surface area contributed by atoms with Gasteiger partial charge in [-0.15, -0.1) is 0 Å². The van der Waals surface area contributed by atoms with Gasteiger partial charge in [-0.2, -0.15) is 0 Å². The fraction of sp³-hybridized carbons (Fsp3) is 0. The molecule has 2 aromatic rings. The van der Waals surface area contributed by atoms with Crippen LogP contribution < -0.4 is 0 Å². The molecule has 0 aromatic heterocycles. The number of rotatable bonds is 2. The summed E-state index contributed by atoms with van der Waals surface area (Å²) in [4.78, 5) is 9.76. The number of nitrogens with zero attached hydrogens (tertiary/aromatic N) is 1. The smallest absolute Gasteiger partial charge is 0.258 e. The molecular weight excluding hydrogens is 214 g/mol. The highest BCUT2D eigenvalue weighted by Gasteiger charge is 2.01. The van der Waals surface area contributed by atoms with Gasteiger partial charge in [0.2, 0.25) is 0 Å². The Morgan fingerprint density at radius 2 is 1.35 bits per heavy atom. The summed E-state index contributed by atoms with van der Waals surface area (Å²) < 4.78 is 0. The maximum Gasteiger partial charge on any atom is 0.269 e. The summed E-state index contributed by atoms with van der Waals surface area (Å²) in [7, 11) is 0. The van der Waals surface area contributed by atoms with Crippen LogP contribution in [0.15, 0.2) is 67.2 Å². The van der Waals surface area contributed by atoms with E-state index in [4.69, 9.17) is 0 Å². The molecule has 0 aliphatic carbocycles. The van der Waals surface area contributed by atoms with Crippen molar-refractivity contribution in [1.82, 2.24) is 0 Å². The van der Waals surface area contributed by atoms with Crippen LogP contribution in [0.2, 0.25) is 0 Å². The zero-order valence-corrected chi connectivity index (χ0v) is 9.32. The summed E-state index contributed by atoms with van der Waals surface area (Å²) >= 11 is 0. The average molecular weight is 227 g/mol. The molecule has 2 rings (SSSR count). The Hall–Kier alpha value is -2.42. The van der Waals surface area contributed by atoms with Gasteiger partial charge in [-0.25, -0.2) is 0 Å². The predicted molar refractivity (Wildman–Crippen MR) is 69.6 cm³/mol. The third-order valence-electron chi connectivity index (χ3n) is 2.01. The minimum Gasteiger partial charge on any atom is -0.258 e. The maximum atomic E-state index is 10.2. The number of nitro benzene ring substituents is 1. The molecule has 3 nitrogen and oxygen atoms in total. The van der Waals surface area contributed by atoms with Crippen molar-refractivity contribution >= 4 is 11.8 Å². The molecule has 0 N–H and O–H groups in total. The number of hydrogen-bond acceptors (Lipinski definition) is 2. The molecular formula is C14H13NO2. The molecule has 0 aliphatic heterocycles. The van der Waals surface area contributed by atoms with E-state index in [2.05, 4.69) is 6.58 Å². The van der Waals surface area contributed by atoms with Crippen molar-refractivity contribution < 1.29 is 4.92 Å². The second-order valence-corrected chi connectivity index (χ2v) is 3.21. The SMILES string of the molecule is C=Cc1ccc([N+](=O)[O-])cc1.c1ccccc1. The third-order valence-corrected chi connectivity index (χ3v) is 2.01. The number of nitro groups is 1. The van der Waals surface area contributed by atoms with Crippen molar-refractivity contribution in [1.29, 1.82) is 0 Å². The van der Waals surface area contributed by atoms with E-state index in [9.17, 15) is 10.1 Å². The van der Waals surface area contributed by atoms with Crippen molar-refractivity contribution in [3.63, 3.8) is 0 Å². The summed E-state index contributed by atoms with van der Waals surface area (Å²) in [6.45, 7) is 3.54. The van der Waals surface area contributed by atoms with Crippen molar-refractivity contribution in [3.8, 4) is 0 Å². The van der Waals surface area contributed by atoms with Crippen LogP contribution in [0.4, 0.5) is 5.69 Å². The topological polar surface area (TPSA) is 43.1 Å². The van der Waals surface area contributed by atoms with Crippen LogP contribution in [-0.4, -0.2) is 4.92 Å². The van der Waals surface area contributed by atoms with E-state index in [1.165, 1.54) is 12.1 Å². The van der Waals surface area contributed by atoms with E-state index in [-0.39, 0.29) is 5.69 Å². The van der Waals surface area contributed by atoms with Gasteiger partial charge in [0.05, 0.1) is 4.92 Å². The van der Waals surface area contributed by atoms with Gasteiger partial charge in [0, 0.05) is 12.1 Å². The minimum atomic E-state index is -0.424. The highest BCUT2D eigenvalue weighted by molar-refractivity contribution is 5.49. The normalized spacial score (nSPS) is 8.71. The van der Waals surface area contributed by atoms with Gasteiger partial charge in [0.1, 0.15) is 0 Å². The van der Waals surface area contributed by atoms with Gasteiger partial charge in [0.15, 0.2) is 0 Å². The fourth-order valence-corrected chi connectivity index (χ4v) is 1.12. The van der Waals surface area contributed by atoms with Gasteiger partial charge in [-0.1, -0.05) is 49.1 Å². The van der Waals surface area contributed by atoms with E-state index in [1.807, 2.05) is 36.4 Å². The van der Waals surface area contributed by atoms with Gasteiger partial charge < -0.3 is 0 Å². The second-order valence-electron chi connectivity index (χ2n) is 3.21. The predicted octanol–water partition coefficient (Wildman–Crippen LogP) is 3.92. The zero-order chi connectivity index (χ0) is 12.5. The van der Waals surface area contributed by atoms with Crippen molar-refractivity contribution in [2.24, 2.45) is 0 Å². The highest BCUT2D eigenvalue weighted by atomic mass is 16.6. The molecule has 0 radical (unpaired) electrons. The molecule has 0 unspecified atom stereocenters. The quantitative estimate of drug-likeness (QED) is 0.576. The summed E-state index contributed by atoms with van der Waals surface area (Å²) in [6.07, 6.45) is 1.64. The van der Waals surface area contributed by atoms with Crippen LogP contribution in [0.5, 0.6) is 0 Å². The first kappa shape index (κ1) is 12.6. The van der Waals surface area contributed by atoms with E-state index in [1.54, 1.807) is 18.2 Å². The largest absolute Gasteiger partial charge is 0.269 e. The molecule has 86 valence electrons. The van der Waals surface area contributed by atoms with Crippen LogP contribution in [0, 0.1) is 10.1 Å². The molecule has 0 saturated carbocycles. The summed E-state index contributed by atoms with van der Waals surface area (Å²) in [5, 5.41) is 10.2. The summed E-state index contributed by atoms with van der Waals surface area (Å²) in [6, 6.07) is 18.2. The third kappa shape index (κ3) is 4.75. The van der Waals surface area contributed by atoms with Crippen molar-refractivity contribution in [2.75, 3.05) is 0 Å². The van der Waals surface area contributed by atoms with Crippen LogP contribution in [0.25, 0.3) is 6.08 Å². The van der Waals surface area contributed by atoms with Gasteiger partial charge in [-0.3, -0.25) is 10.1 Å². The monoisotopic (exact) mass is 227 g/mol. The van der Waals surface area contributed by atoms with Gasteiger partial charge in [0.25, 0.3) is 5.69 Å². The van der Waals surface area contributed by atoms with Gasteiger partial charge >= 0.3 is 0 Å². The number of hydrogen-bond donors (Lipinski definition) is 0. The fourth-order valence-electron chi connectivity index (χ4n) is 1.12. The van der Waals surface area contributed by atoms with Crippen molar-refractivity contribution in [3.05, 3.63) is 82.9 Å². The molecule has 17 heavy (non-hydrogen) atoms.